The highest BCUT2D eigenvalue weighted by Gasteiger charge is 2.31. The van der Waals surface area contributed by atoms with Crippen LogP contribution in [0, 0.1) is 6.92 Å². The topological polar surface area (TPSA) is 55.0 Å². The number of ether oxygens (including phenoxy) is 1. The van der Waals surface area contributed by atoms with Crippen molar-refractivity contribution in [2.45, 2.75) is 26.8 Å². The lowest BCUT2D eigenvalue weighted by molar-refractivity contribution is 0.0978. The summed E-state index contributed by atoms with van der Waals surface area (Å²) in [4.78, 5) is 19.9. The number of rotatable bonds is 4. The third-order valence-corrected chi connectivity index (χ3v) is 6.12. The summed E-state index contributed by atoms with van der Waals surface area (Å²) in [6.07, 6.45) is 0. The molecule has 4 rings (SSSR count). The van der Waals surface area contributed by atoms with Crippen molar-refractivity contribution in [3.8, 4) is 5.75 Å². The largest absolute Gasteiger partial charge is 0.494 e. The van der Waals surface area contributed by atoms with Crippen molar-refractivity contribution in [2.24, 2.45) is 4.99 Å². The van der Waals surface area contributed by atoms with Gasteiger partial charge in [0.15, 0.2) is 10.9 Å². The van der Waals surface area contributed by atoms with E-state index in [2.05, 4.69) is 4.99 Å². The second-order valence-electron chi connectivity index (χ2n) is 6.84. The number of amidine groups is 1. The monoisotopic (exact) mass is 428 g/mol. The zero-order valence-corrected chi connectivity index (χ0v) is 18.0. The summed E-state index contributed by atoms with van der Waals surface area (Å²) in [5.41, 5.74) is 2.14. The summed E-state index contributed by atoms with van der Waals surface area (Å²) in [7, 11) is 0. The van der Waals surface area contributed by atoms with E-state index >= 15 is 0 Å². The number of aryl methyl sites for hydroxylation is 1. The molecule has 1 amide bonds. The molecule has 1 aliphatic rings. The summed E-state index contributed by atoms with van der Waals surface area (Å²) < 4.78 is 11.6. The molecule has 1 aromatic heterocycles. The van der Waals surface area contributed by atoms with Gasteiger partial charge in [-0.2, -0.15) is 0 Å². The Kier molecular flexibility index (Phi) is 5.56. The van der Waals surface area contributed by atoms with E-state index < -0.39 is 0 Å². The molecule has 0 unspecified atom stereocenters. The van der Waals surface area contributed by atoms with E-state index in [1.165, 1.54) is 0 Å². The lowest BCUT2D eigenvalue weighted by atomic mass is 10.1. The van der Waals surface area contributed by atoms with Gasteiger partial charge in [-0.3, -0.25) is 14.7 Å². The molecular formula is C22H21ClN2O3S. The van der Waals surface area contributed by atoms with Crippen LogP contribution in [0.1, 0.15) is 30.0 Å². The highest BCUT2D eigenvalue weighted by atomic mass is 35.5. The zero-order chi connectivity index (χ0) is 20.5. The van der Waals surface area contributed by atoms with Crippen molar-refractivity contribution in [1.82, 2.24) is 0 Å². The number of carbonyl (C=O) groups excluding carboxylic acids is 1. The smallest absolute Gasteiger partial charge is 0.300 e. The number of hydrogen-bond donors (Lipinski definition) is 0. The standard InChI is InChI=1S/C22H21ClN2O3S/c1-4-27-17-9-10-19-18(11-17)14(3)20(28-19)21(26)25(22-24-13(2)12-29-22)16-7-5-15(23)6-8-16/h5-11,13H,4,12H2,1-3H3/t13-/m0/s1. The van der Waals surface area contributed by atoms with Gasteiger partial charge in [0.2, 0.25) is 0 Å². The Labute approximate surface area is 178 Å². The van der Waals surface area contributed by atoms with E-state index in [0.29, 0.717) is 33.8 Å². The van der Waals surface area contributed by atoms with E-state index in [-0.39, 0.29) is 11.9 Å². The van der Waals surface area contributed by atoms with Gasteiger partial charge in [0.1, 0.15) is 11.3 Å². The molecule has 0 radical (unpaired) electrons. The molecule has 0 spiro atoms. The molecule has 2 aromatic carbocycles. The first-order chi connectivity index (χ1) is 14.0. The zero-order valence-electron chi connectivity index (χ0n) is 16.4. The van der Waals surface area contributed by atoms with Gasteiger partial charge in [0.25, 0.3) is 5.91 Å². The first-order valence-corrected chi connectivity index (χ1v) is 10.8. The van der Waals surface area contributed by atoms with Gasteiger partial charge in [0, 0.05) is 21.7 Å². The van der Waals surface area contributed by atoms with Gasteiger partial charge < -0.3 is 9.15 Å². The molecule has 0 fully saturated rings. The molecule has 150 valence electrons. The Hall–Kier alpha value is -2.44. The Morgan fingerprint density at radius 2 is 2.07 bits per heavy atom. The van der Waals surface area contributed by atoms with Crippen LogP contribution in [0.3, 0.4) is 0 Å². The lowest BCUT2D eigenvalue weighted by Crippen LogP contribution is -2.34. The van der Waals surface area contributed by atoms with Gasteiger partial charge in [-0.15, -0.1) is 0 Å². The van der Waals surface area contributed by atoms with E-state index in [9.17, 15) is 4.79 Å². The predicted molar refractivity (Wildman–Crippen MR) is 120 cm³/mol. The first-order valence-electron chi connectivity index (χ1n) is 9.44. The SMILES string of the molecule is CCOc1ccc2oc(C(=O)N(C3=N[C@@H](C)CS3)c3ccc(Cl)cc3)c(C)c2c1. The van der Waals surface area contributed by atoms with Crippen LogP contribution < -0.4 is 9.64 Å². The molecule has 2 heterocycles. The molecule has 3 aromatic rings. The maximum absolute atomic E-state index is 13.6. The Morgan fingerprint density at radius 1 is 1.31 bits per heavy atom. The van der Waals surface area contributed by atoms with Gasteiger partial charge in [-0.1, -0.05) is 23.4 Å². The maximum atomic E-state index is 13.6. The average Bonchev–Trinajstić information content (AvgIpc) is 3.27. The molecule has 0 bridgehead atoms. The van der Waals surface area contributed by atoms with Gasteiger partial charge in [-0.05, 0) is 63.2 Å². The molecule has 0 aliphatic carbocycles. The molecule has 1 atom stereocenters. The third kappa shape index (κ3) is 3.87. The normalized spacial score (nSPS) is 16.1. The predicted octanol–water partition coefficient (Wildman–Crippen LogP) is 5.93. The number of anilines is 1. The highest BCUT2D eigenvalue weighted by Crippen LogP contribution is 2.33. The Bertz CT molecular complexity index is 1090. The van der Waals surface area contributed by atoms with Crippen LogP contribution in [0.15, 0.2) is 51.9 Å². The molecule has 0 saturated carbocycles. The van der Waals surface area contributed by atoms with Crippen LogP contribution in [0.5, 0.6) is 5.75 Å². The van der Waals surface area contributed by atoms with Crippen LogP contribution in [0.4, 0.5) is 5.69 Å². The van der Waals surface area contributed by atoms with Crippen molar-refractivity contribution in [3.63, 3.8) is 0 Å². The number of benzene rings is 2. The number of thioether (sulfide) groups is 1. The van der Waals surface area contributed by atoms with Crippen LogP contribution >= 0.6 is 23.4 Å². The number of fused-ring (bicyclic) bond motifs is 1. The summed E-state index contributed by atoms with van der Waals surface area (Å²) >= 11 is 7.61. The minimum absolute atomic E-state index is 0.156. The van der Waals surface area contributed by atoms with E-state index in [1.807, 2.05) is 51.1 Å². The minimum Gasteiger partial charge on any atom is -0.494 e. The molecule has 5 nitrogen and oxygen atoms in total. The number of furan rings is 1. The number of halogens is 1. The fourth-order valence-corrected chi connectivity index (χ4v) is 4.41. The summed E-state index contributed by atoms with van der Waals surface area (Å²) in [5.74, 6) is 1.64. The maximum Gasteiger partial charge on any atom is 0.300 e. The Morgan fingerprint density at radius 3 is 2.72 bits per heavy atom. The highest BCUT2D eigenvalue weighted by molar-refractivity contribution is 8.14. The average molecular weight is 429 g/mol. The lowest BCUT2D eigenvalue weighted by Gasteiger charge is -2.21. The number of carbonyl (C=O) groups is 1. The molecule has 7 heteroatoms. The summed E-state index contributed by atoms with van der Waals surface area (Å²) in [6.45, 7) is 6.44. The van der Waals surface area contributed by atoms with E-state index in [0.717, 1.165) is 22.5 Å². The van der Waals surface area contributed by atoms with Gasteiger partial charge in [-0.25, -0.2) is 0 Å². The minimum atomic E-state index is -0.251. The second-order valence-corrected chi connectivity index (χ2v) is 8.26. The van der Waals surface area contributed by atoms with Crippen molar-refractivity contribution >= 4 is 51.1 Å². The van der Waals surface area contributed by atoms with Crippen molar-refractivity contribution in [3.05, 3.63) is 58.8 Å². The quantitative estimate of drug-likeness (QED) is 0.516. The molecular weight excluding hydrogens is 408 g/mol. The summed E-state index contributed by atoms with van der Waals surface area (Å²) in [5, 5.41) is 2.14. The summed E-state index contributed by atoms with van der Waals surface area (Å²) in [6, 6.07) is 12.9. The second kappa shape index (κ2) is 8.13. The van der Waals surface area contributed by atoms with Crippen LogP contribution in [-0.4, -0.2) is 29.5 Å². The van der Waals surface area contributed by atoms with E-state index in [4.69, 9.17) is 20.8 Å². The number of amides is 1. The molecule has 0 saturated heterocycles. The molecule has 29 heavy (non-hydrogen) atoms. The number of nitrogens with zero attached hydrogens (tertiary/aromatic N) is 2. The molecule has 0 N–H and O–H groups in total. The van der Waals surface area contributed by atoms with Crippen LogP contribution in [0.25, 0.3) is 11.0 Å². The number of aliphatic imine (C=N–C) groups is 1. The van der Waals surface area contributed by atoms with Crippen molar-refractivity contribution in [1.29, 1.82) is 0 Å². The third-order valence-electron chi connectivity index (χ3n) is 4.68. The number of hydrogen-bond acceptors (Lipinski definition) is 5. The fraction of sp³-hybridized carbons (Fsp3) is 0.273. The van der Waals surface area contributed by atoms with Crippen molar-refractivity contribution < 1.29 is 13.9 Å². The van der Waals surface area contributed by atoms with Gasteiger partial charge >= 0.3 is 0 Å². The van der Waals surface area contributed by atoms with Crippen LogP contribution in [-0.2, 0) is 0 Å². The van der Waals surface area contributed by atoms with E-state index in [1.54, 1.807) is 28.8 Å². The molecule has 1 aliphatic heterocycles. The Balaban J connectivity index is 1.79. The fourth-order valence-electron chi connectivity index (χ4n) is 3.25. The van der Waals surface area contributed by atoms with Gasteiger partial charge in [0.05, 0.1) is 18.3 Å². The first kappa shape index (κ1) is 19.9. The van der Waals surface area contributed by atoms with Crippen LogP contribution in [0.2, 0.25) is 5.02 Å². The van der Waals surface area contributed by atoms with Crippen molar-refractivity contribution in [2.75, 3.05) is 17.3 Å².